The van der Waals surface area contributed by atoms with Gasteiger partial charge in [0.05, 0.1) is 12.1 Å². The van der Waals surface area contributed by atoms with Crippen molar-refractivity contribution < 1.29 is 9.90 Å². The van der Waals surface area contributed by atoms with Crippen LogP contribution >= 0.6 is 0 Å². The molecule has 4 heteroatoms. The van der Waals surface area contributed by atoms with Crippen molar-refractivity contribution in [1.82, 2.24) is 4.90 Å². The SMILES string of the molecule is CCCCCCCCCC(CN(Cc1ccc2c(c1)C=CN=[C+]2)C(=O)O)c1ccc(C(C)(C)C)cc1. The zero-order valence-corrected chi connectivity index (χ0v) is 22.6. The van der Waals surface area contributed by atoms with Crippen LogP contribution in [0.1, 0.15) is 113 Å². The van der Waals surface area contributed by atoms with Gasteiger partial charge in [-0.3, -0.25) is 0 Å². The van der Waals surface area contributed by atoms with Crippen molar-refractivity contribution >= 4 is 18.4 Å². The van der Waals surface area contributed by atoms with Gasteiger partial charge in [0.15, 0.2) is 5.56 Å². The van der Waals surface area contributed by atoms with E-state index in [0.29, 0.717) is 13.1 Å². The zero-order chi connectivity index (χ0) is 26.0. The van der Waals surface area contributed by atoms with E-state index >= 15 is 0 Å². The molecule has 1 aliphatic rings. The Bertz CT molecular complexity index is 1030. The quantitative estimate of drug-likeness (QED) is 0.227. The molecule has 1 atom stereocenters. The molecule has 0 bridgehead atoms. The Kier molecular flexibility index (Phi) is 10.3. The molecule has 0 saturated heterocycles. The molecule has 2 aromatic carbocycles. The summed E-state index contributed by atoms with van der Waals surface area (Å²) < 4.78 is 0. The topological polar surface area (TPSA) is 52.9 Å². The first-order valence-electron chi connectivity index (χ1n) is 13.6. The van der Waals surface area contributed by atoms with Gasteiger partial charge in [0.2, 0.25) is 0 Å². The number of fused-ring (bicyclic) bond motifs is 1. The number of aliphatic imine (C=N–C) groups is 1. The van der Waals surface area contributed by atoms with Crippen molar-refractivity contribution in [1.29, 1.82) is 0 Å². The van der Waals surface area contributed by atoms with Crippen molar-refractivity contribution in [2.75, 3.05) is 6.54 Å². The van der Waals surface area contributed by atoms with Crippen LogP contribution in [0.2, 0.25) is 0 Å². The van der Waals surface area contributed by atoms with Crippen LogP contribution < -0.4 is 0 Å². The number of hydrogen-bond donors (Lipinski definition) is 1. The van der Waals surface area contributed by atoms with Crippen LogP contribution in [0.4, 0.5) is 4.79 Å². The van der Waals surface area contributed by atoms with Crippen LogP contribution in [0.25, 0.3) is 6.08 Å². The van der Waals surface area contributed by atoms with Gasteiger partial charge in [-0.2, -0.15) is 0 Å². The number of hydrogen-bond acceptors (Lipinski definition) is 2. The van der Waals surface area contributed by atoms with Gasteiger partial charge in [-0.25, -0.2) is 4.79 Å². The molecule has 1 N–H and O–H groups in total. The first kappa shape index (κ1) is 27.6. The molecular weight excluding hydrogens is 444 g/mol. The second-order valence-corrected chi connectivity index (χ2v) is 11.1. The van der Waals surface area contributed by atoms with Crippen molar-refractivity contribution in [2.24, 2.45) is 4.99 Å². The molecule has 4 nitrogen and oxygen atoms in total. The number of carboxylic acid groups (broad SMARTS) is 1. The summed E-state index contributed by atoms with van der Waals surface area (Å²) in [4.78, 5) is 17.9. The number of amides is 1. The molecule has 0 spiro atoms. The highest BCUT2D eigenvalue weighted by Gasteiger charge is 2.22. The maximum Gasteiger partial charge on any atom is 0.407 e. The summed E-state index contributed by atoms with van der Waals surface area (Å²) in [7, 11) is 0. The lowest BCUT2D eigenvalue weighted by Gasteiger charge is -2.27. The van der Waals surface area contributed by atoms with E-state index in [-0.39, 0.29) is 11.3 Å². The third-order valence-electron chi connectivity index (χ3n) is 7.12. The van der Waals surface area contributed by atoms with E-state index in [0.717, 1.165) is 29.5 Å². The van der Waals surface area contributed by atoms with E-state index in [9.17, 15) is 9.90 Å². The van der Waals surface area contributed by atoms with Crippen LogP contribution in [-0.2, 0) is 12.0 Å². The molecule has 3 rings (SSSR count). The highest BCUT2D eigenvalue weighted by molar-refractivity contribution is 5.88. The van der Waals surface area contributed by atoms with E-state index in [1.165, 1.54) is 49.7 Å². The third kappa shape index (κ3) is 8.31. The summed E-state index contributed by atoms with van der Waals surface area (Å²) in [5.41, 5.74) is 5.60. The molecule has 2 aromatic rings. The minimum atomic E-state index is -0.868. The molecule has 0 fully saturated rings. The average Bonchev–Trinajstić information content (AvgIpc) is 2.86. The highest BCUT2D eigenvalue weighted by Crippen LogP contribution is 2.29. The van der Waals surface area contributed by atoms with E-state index in [4.69, 9.17) is 0 Å². The van der Waals surface area contributed by atoms with Gasteiger partial charge in [0.25, 0.3) is 0 Å². The maximum absolute atomic E-state index is 12.3. The van der Waals surface area contributed by atoms with Crippen molar-refractivity contribution in [2.45, 2.75) is 96.9 Å². The Morgan fingerprint density at radius 2 is 1.69 bits per heavy atom. The zero-order valence-electron chi connectivity index (χ0n) is 22.6. The van der Waals surface area contributed by atoms with E-state index in [1.807, 2.05) is 24.3 Å². The summed E-state index contributed by atoms with van der Waals surface area (Å²) in [6.45, 7) is 9.80. The number of carbonyl (C=O) groups is 1. The Balaban J connectivity index is 1.71. The van der Waals surface area contributed by atoms with Crippen molar-refractivity contribution in [3.63, 3.8) is 0 Å². The van der Waals surface area contributed by atoms with Gasteiger partial charge in [-0.15, -0.1) is 4.99 Å². The first-order valence-corrected chi connectivity index (χ1v) is 13.6. The standard InChI is InChI=1S/C32H42N2O2/c1-5-6-7-8-9-10-11-12-29(26-15-17-30(18-16-26)32(2,3)4)24-34(31(35)36)23-25-13-14-28-22-33-20-19-27(28)21-25/h13-21,29H,5-12,23-24H2,1-4H3/p+1. The largest absolute Gasteiger partial charge is 0.465 e. The lowest BCUT2D eigenvalue weighted by Crippen LogP contribution is -2.33. The predicted octanol–water partition coefficient (Wildman–Crippen LogP) is 8.67. The summed E-state index contributed by atoms with van der Waals surface area (Å²) in [5, 5.41) is 10.1. The van der Waals surface area contributed by atoms with E-state index in [1.54, 1.807) is 11.1 Å². The van der Waals surface area contributed by atoms with Gasteiger partial charge in [0.1, 0.15) is 12.4 Å². The van der Waals surface area contributed by atoms with Gasteiger partial charge in [0, 0.05) is 24.6 Å². The van der Waals surface area contributed by atoms with Crippen LogP contribution in [0, 0.1) is 0 Å². The Labute approximate surface area is 218 Å². The summed E-state index contributed by atoms with van der Waals surface area (Å²) >= 11 is 0. The van der Waals surface area contributed by atoms with Crippen molar-refractivity contribution in [3.8, 4) is 0 Å². The van der Waals surface area contributed by atoms with Gasteiger partial charge in [-0.05, 0) is 40.7 Å². The number of nitrogens with zero attached hydrogens (tertiary/aromatic N) is 2. The van der Waals surface area contributed by atoms with Crippen LogP contribution in [-0.4, -0.2) is 28.9 Å². The second-order valence-electron chi connectivity index (χ2n) is 11.1. The fourth-order valence-electron chi connectivity index (χ4n) is 4.84. The monoisotopic (exact) mass is 487 g/mol. The molecule has 1 aliphatic heterocycles. The molecule has 192 valence electrons. The average molecular weight is 488 g/mol. The third-order valence-corrected chi connectivity index (χ3v) is 7.12. The Hall–Kier alpha value is -2.97. The summed E-state index contributed by atoms with van der Waals surface area (Å²) in [6.07, 6.45) is 15.6. The fourth-order valence-corrected chi connectivity index (χ4v) is 4.84. The van der Waals surface area contributed by atoms with Crippen LogP contribution in [0.5, 0.6) is 0 Å². The molecule has 36 heavy (non-hydrogen) atoms. The number of rotatable bonds is 13. The normalized spacial score (nSPS) is 13.2. The maximum atomic E-state index is 12.3. The smallest absolute Gasteiger partial charge is 0.407 e. The van der Waals surface area contributed by atoms with Gasteiger partial charge < -0.3 is 10.0 Å². The van der Waals surface area contributed by atoms with Gasteiger partial charge >= 0.3 is 6.09 Å². The lowest BCUT2D eigenvalue weighted by atomic mass is 9.84. The van der Waals surface area contributed by atoms with Crippen LogP contribution in [0.3, 0.4) is 0 Å². The molecule has 0 aromatic heterocycles. The highest BCUT2D eigenvalue weighted by atomic mass is 16.4. The minimum Gasteiger partial charge on any atom is -0.465 e. The van der Waals surface area contributed by atoms with Crippen LogP contribution in [0.15, 0.2) is 53.7 Å². The van der Waals surface area contributed by atoms with E-state index in [2.05, 4.69) is 63.2 Å². The molecular formula is C32H43N2O2+. The first-order chi connectivity index (χ1) is 17.3. The van der Waals surface area contributed by atoms with Crippen molar-refractivity contribution in [3.05, 3.63) is 76.5 Å². The molecule has 0 saturated carbocycles. The van der Waals surface area contributed by atoms with Gasteiger partial charge in [-0.1, -0.05) is 96.9 Å². The molecule has 0 radical (unpaired) electrons. The van der Waals surface area contributed by atoms with E-state index < -0.39 is 6.09 Å². The Morgan fingerprint density at radius 1 is 1.00 bits per heavy atom. The molecule has 1 unspecified atom stereocenters. The number of unbranched alkanes of at least 4 members (excludes halogenated alkanes) is 6. The fraction of sp³-hybridized carbons (Fsp3) is 0.500. The molecule has 1 amide bonds. The molecule has 1 heterocycles. The summed E-state index contributed by atoms with van der Waals surface area (Å²) in [6, 6.07) is 14.9. The number of benzene rings is 2. The minimum absolute atomic E-state index is 0.0998. The lowest BCUT2D eigenvalue weighted by molar-refractivity contribution is 0.138. The molecule has 0 aliphatic carbocycles. The second kappa shape index (κ2) is 13.4. The summed E-state index contributed by atoms with van der Waals surface area (Å²) in [5.74, 6) is 0.184. The Morgan fingerprint density at radius 3 is 2.36 bits per heavy atom. The predicted molar refractivity (Wildman–Crippen MR) is 151 cm³/mol.